The van der Waals surface area contributed by atoms with Crippen molar-refractivity contribution >= 4 is 35.0 Å². The van der Waals surface area contributed by atoms with Gasteiger partial charge in [-0.3, -0.25) is 10.2 Å². The largest absolute Gasteiger partial charge is 0.326 e. The number of amides is 1. The number of nitrogens with zero attached hydrogens (tertiary/aromatic N) is 1. The van der Waals surface area contributed by atoms with Crippen LogP contribution in [0.3, 0.4) is 0 Å². The van der Waals surface area contributed by atoms with Crippen molar-refractivity contribution in [2.24, 2.45) is 0 Å². The Morgan fingerprint density at radius 2 is 1.62 bits per heavy atom. The second kappa shape index (κ2) is 5.76. The number of hydrazine groups is 1. The van der Waals surface area contributed by atoms with Crippen LogP contribution in [0.25, 0.3) is 6.08 Å². The van der Waals surface area contributed by atoms with Crippen molar-refractivity contribution in [1.82, 2.24) is 10.3 Å². The third-order valence-corrected chi connectivity index (χ3v) is 3.29. The summed E-state index contributed by atoms with van der Waals surface area (Å²) in [5.74, 6) is -0.201. The maximum Gasteiger partial charge on any atom is 0.295 e. The van der Waals surface area contributed by atoms with Crippen molar-refractivity contribution in [2.45, 2.75) is 0 Å². The molecule has 2 aromatic rings. The van der Waals surface area contributed by atoms with Gasteiger partial charge in [-0.15, -0.1) is 0 Å². The molecule has 0 radical (unpaired) electrons. The van der Waals surface area contributed by atoms with E-state index in [1.807, 2.05) is 60.7 Å². The summed E-state index contributed by atoms with van der Waals surface area (Å²) in [5, 5.41) is 4.60. The molecule has 1 aliphatic heterocycles. The monoisotopic (exact) mass is 295 g/mol. The van der Waals surface area contributed by atoms with E-state index in [1.54, 1.807) is 6.08 Å². The molecule has 1 aliphatic rings. The van der Waals surface area contributed by atoms with Crippen LogP contribution in [0, 0.1) is 0 Å². The average molecular weight is 295 g/mol. The molecule has 0 bridgehead atoms. The van der Waals surface area contributed by atoms with Gasteiger partial charge in [-0.05, 0) is 36.0 Å². The van der Waals surface area contributed by atoms with Gasteiger partial charge in [0.25, 0.3) is 5.91 Å². The van der Waals surface area contributed by atoms with Crippen LogP contribution in [0.4, 0.5) is 5.69 Å². The third-order valence-electron chi connectivity index (χ3n) is 3.00. The number of para-hydroxylation sites is 1. The summed E-state index contributed by atoms with van der Waals surface area (Å²) < 4.78 is 0. The third kappa shape index (κ3) is 2.93. The van der Waals surface area contributed by atoms with E-state index in [9.17, 15) is 4.79 Å². The summed E-state index contributed by atoms with van der Waals surface area (Å²) in [6.45, 7) is 0. The molecular weight excluding hydrogens is 282 g/mol. The highest BCUT2D eigenvalue weighted by Crippen LogP contribution is 2.16. The highest BCUT2D eigenvalue weighted by molar-refractivity contribution is 7.80. The first-order chi connectivity index (χ1) is 10.2. The molecule has 4 nitrogen and oxygen atoms in total. The van der Waals surface area contributed by atoms with Crippen molar-refractivity contribution in [3.8, 4) is 0 Å². The minimum atomic E-state index is -0.201. The first-order valence-electron chi connectivity index (χ1n) is 6.48. The molecule has 0 aliphatic carbocycles. The Morgan fingerprint density at radius 3 is 2.29 bits per heavy atom. The molecule has 0 aromatic heterocycles. The fraction of sp³-hybridized carbons (Fsp3) is 0. The zero-order valence-corrected chi connectivity index (χ0v) is 11.9. The minimum Gasteiger partial charge on any atom is -0.326 e. The molecule has 3 rings (SSSR count). The SMILES string of the molecule is O=C1C(=Cc2ccccc2)NC(=S)N1Nc1ccccc1. The predicted molar refractivity (Wildman–Crippen MR) is 87.1 cm³/mol. The summed E-state index contributed by atoms with van der Waals surface area (Å²) in [5.41, 5.74) is 5.19. The fourth-order valence-corrected chi connectivity index (χ4v) is 2.23. The lowest BCUT2D eigenvalue weighted by atomic mass is 10.2. The van der Waals surface area contributed by atoms with Crippen molar-refractivity contribution in [2.75, 3.05) is 5.43 Å². The lowest BCUT2D eigenvalue weighted by Gasteiger charge is -2.16. The predicted octanol–water partition coefficient (Wildman–Crippen LogP) is 2.77. The number of nitrogens with one attached hydrogen (secondary N) is 2. The number of anilines is 1. The molecule has 0 unspecified atom stereocenters. The van der Waals surface area contributed by atoms with Gasteiger partial charge < -0.3 is 5.32 Å². The van der Waals surface area contributed by atoms with Crippen LogP contribution in [-0.2, 0) is 4.79 Å². The molecule has 2 N–H and O–H groups in total. The van der Waals surface area contributed by atoms with Gasteiger partial charge in [-0.2, -0.15) is 5.01 Å². The standard InChI is InChI=1S/C16H13N3OS/c20-15-14(11-12-7-3-1-4-8-12)17-16(21)19(15)18-13-9-5-2-6-10-13/h1-11,18H,(H,17,21). The Kier molecular flexibility index (Phi) is 3.66. The molecule has 0 atom stereocenters. The Balaban J connectivity index is 1.81. The Bertz CT molecular complexity index is 698. The number of hydrogen-bond acceptors (Lipinski definition) is 3. The van der Waals surface area contributed by atoms with E-state index in [0.29, 0.717) is 10.8 Å². The van der Waals surface area contributed by atoms with Crippen LogP contribution in [-0.4, -0.2) is 16.0 Å². The molecule has 5 heteroatoms. The number of hydrogen-bond donors (Lipinski definition) is 2. The van der Waals surface area contributed by atoms with Gasteiger partial charge in [-0.25, -0.2) is 0 Å². The van der Waals surface area contributed by atoms with Crippen LogP contribution in [0.15, 0.2) is 66.4 Å². The van der Waals surface area contributed by atoms with E-state index in [4.69, 9.17) is 12.2 Å². The topological polar surface area (TPSA) is 44.4 Å². The number of benzene rings is 2. The number of carbonyl (C=O) groups is 1. The van der Waals surface area contributed by atoms with E-state index in [1.165, 1.54) is 5.01 Å². The van der Waals surface area contributed by atoms with Gasteiger partial charge in [0.05, 0.1) is 5.69 Å². The van der Waals surface area contributed by atoms with Crippen LogP contribution in [0.1, 0.15) is 5.56 Å². The molecule has 1 amide bonds. The van der Waals surface area contributed by atoms with Gasteiger partial charge in [0.2, 0.25) is 0 Å². The molecule has 21 heavy (non-hydrogen) atoms. The van der Waals surface area contributed by atoms with Crippen molar-refractivity contribution in [3.05, 3.63) is 71.9 Å². The lowest BCUT2D eigenvalue weighted by Crippen LogP contribution is -2.35. The molecule has 2 aromatic carbocycles. The second-order valence-electron chi connectivity index (χ2n) is 4.52. The van der Waals surface area contributed by atoms with E-state index < -0.39 is 0 Å². The summed E-state index contributed by atoms with van der Waals surface area (Å²) in [7, 11) is 0. The van der Waals surface area contributed by atoms with E-state index in [2.05, 4.69) is 10.7 Å². The van der Waals surface area contributed by atoms with Gasteiger partial charge >= 0.3 is 0 Å². The molecule has 1 saturated heterocycles. The van der Waals surface area contributed by atoms with Crippen LogP contribution in [0.2, 0.25) is 0 Å². The molecule has 104 valence electrons. The average Bonchev–Trinajstić information content (AvgIpc) is 2.77. The smallest absolute Gasteiger partial charge is 0.295 e. The molecule has 1 fully saturated rings. The maximum atomic E-state index is 12.4. The zero-order valence-electron chi connectivity index (χ0n) is 11.1. The van der Waals surface area contributed by atoms with Crippen LogP contribution >= 0.6 is 12.2 Å². The van der Waals surface area contributed by atoms with E-state index in [-0.39, 0.29) is 5.91 Å². The minimum absolute atomic E-state index is 0.201. The van der Waals surface area contributed by atoms with Gasteiger partial charge in [0.1, 0.15) is 5.70 Å². The molecular formula is C16H13N3OS. The number of rotatable bonds is 3. The first-order valence-corrected chi connectivity index (χ1v) is 6.89. The van der Waals surface area contributed by atoms with Crippen molar-refractivity contribution < 1.29 is 4.79 Å². The lowest BCUT2D eigenvalue weighted by molar-refractivity contribution is -0.121. The van der Waals surface area contributed by atoms with Crippen molar-refractivity contribution in [1.29, 1.82) is 0 Å². The molecule has 0 spiro atoms. The zero-order chi connectivity index (χ0) is 14.7. The first kappa shape index (κ1) is 13.3. The highest BCUT2D eigenvalue weighted by atomic mass is 32.1. The second-order valence-corrected chi connectivity index (χ2v) is 4.90. The number of thiocarbonyl (C=S) groups is 1. The summed E-state index contributed by atoms with van der Waals surface area (Å²) in [6.07, 6.45) is 1.78. The van der Waals surface area contributed by atoms with E-state index >= 15 is 0 Å². The molecule has 1 heterocycles. The van der Waals surface area contributed by atoms with Gasteiger partial charge in [-0.1, -0.05) is 48.5 Å². The number of carbonyl (C=O) groups excluding carboxylic acids is 1. The van der Waals surface area contributed by atoms with E-state index in [0.717, 1.165) is 11.3 Å². The van der Waals surface area contributed by atoms with Gasteiger partial charge in [0.15, 0.2) is 5.11 Å². The fourth-order valence-electron chi connectivity index (χ4n) is 1.99. The normalized spacial score (nSPS) is 16.2. The molecule has 0 saturated carbocycles. The Hall–Kier alpha value is -2.66. The Morgan fingerprint density at radius 1 is 1.00 bits per heavy atom. The maximum absolute atomic E-state index is 12.4. The summed E-state index contributed by atoms with van der Waals surface area (Å²) in [6, 6.07) is 19.1. The quantitative estimate of drug-likeness (QED) is 0.675. The van der Waals surface area contributed by atoms with Crippen LogP contribution in [0.5, 0.6) is 0 Å². The summed E-state index contributed by atoms with van der Waals surface area (Å²) >= 11 is 5.20. The highest BCUT2D eigenvalue weighted by Gasteiger charge is 2.30. The Labute approximate surface area is 128 Å². The van der Waals surface area contributed by atoms with Crippen molar-refractivity contribution in [3.63, 3.8) is 0 Å². The van der Waals surface area contributed by atoms with Crippen LogP contribution < -0.4 is 10.7 Å². The van der Waals surface area contributed by atoms with Gasteiger partial charge in [0, 0.05) is 0 Å². The summed E-state index contributed by atoms with van der Waals surface area (Å²) in [4.78, 5) is 12.4.